The van der Waals surface area contributed by atoms with Crippen LogP contribution in [0.15, 0.2) is 247 Å². The highest BCUT2D eigenvalue weighted by Crippen LogP contribution is 2.50. The molecule has 0 spiro atoms. The zero-order chi connectivity index (χ0) is 41.7. The van der Waals surface area contributed by atoms with Gasteiger partial charge in [0.1, 0.15) is 11.2 Å². The van der Waals surface area contributed by atoms with Crippen molar-refractivity contribution in [3.8, 4) is 50.2 Å². The maximum absolute atomic E-state index is 6.53. The number of rotatable bonds is 8. The van der Waals surface area contributed by atoms with E-state index in [1.54, 1.807) is 0 Å². The first-order valence-electron chi connectivity index (χ1n) is 21.5. The van der Waals surface area contributed by atoms with Crippen LogP contribution in [0.5, 0.6) is 0 Å². The van der Waals surface area contributed by atoms with Gasteiger partial charge in [-0.05, 0) is 99.6 Å². The molecule has 296 valence electrons. The Bertz CT molecular complexity index is 3550. The zero-order valence-corrected chi connectivity index (χ0v) is 34.4. The summed E-state index contributed by atoms with van der Waals surface area (Å²) >= 11 is 0. The Morgan fingerprint density at radius 2 is 0.810 bits per heavy atom. The summed E-state index contributed by atoms with van der Waals surface area (Å²) in [6, 6.07) is 87.1. The van der Waals surface area contributed by atoms with Crippen molar-refractivity contribution in [3.05, 3.63) is 243 Å². The first-order valence-corrected chi connectivity index (χ1v) is 21.5. The quantitative estimate of drug-likeness (QED) is 0.153. The van der Waals surface area contributed by atoms with Gasteiger partial charge in [0.05, 0.1) is 27.8 Å². The molecular formula is C60H40N2O. The average Bonchev–Trinajstić information content (AvgIpc) is 3.91. The van der Waals surface area contributed by atoms with E-state index < -0.39 is 0 Å². The van der Waals surface area contributed by atoms with Crippen LogP contribution < -0.4 is 4.90 Å². The molecule has 3 nitrogen and oxygen atoms in total. The highest BCUT2D eigenvalue weighted by Gasteiger charge is 2.25. The zero-order valence-electron chi connectivity index (χ0n) is 34.4. The predicted octanol–water partition coefficient (Wildman–Crippen LogP) is 16.8. The monoisotopic (exact) mass is 804 g/mol. The third-order valence-corrected chi connectivity index (χ3v) is 12.4. The van der Waals surface area contributed by atoms with E-state index in [9.17, 15) is 0 Å². The minimum Gasteiger partial charge on any atom is -0.456 e. The molecule has 0 amide bonds. The van der Waals surface area contributed by atoms with Gasteiger partial charge in [-0.15, -0.1) is 0 Å². The number of hydrogen-bond acceptors (Lipinski definition) is 2. The first-order chi connectivity index (χ1) is 31.3. The van der Waals surface area contributed by atoms with Crippen molar-refractivity contribution >= 4 is 60.8 Å². The van der Waals surface area contributed by atoms with Crippen LogP contribution in [0.2, 0.25) is 0 Å². The molecule has 2 heterocycles. The summed E-state index contributed by atoms with van der Waals surface area (Å²) in [6.07, 6.45) is 0. The molecular weight excluding hydrogens is 765 g/mol. The number of fused-ring (bicyclic) bond motifs is 6. The fraction of sp³-hybridized carbons (Fsp3) is 0. The summed E-state index contributed by atoms with van der Waals surface area (Å²) in [7, 11) is 0. The molecule has 0 bridgehead atoms. The summed E-state index contributed by atoms with van der Waals surface area (Å²) in [5.74, 6) is 0. The van der Waals surface area contributed by atoms with Crippen LogP contribution in [0, 0.1) is 0 Å². The van der Waals surface area contributed by atoms with Gasteiger partial charge in [-0.2, -0.15) is 0 Å². The van der Waals surface area contributed by atoms with Gasteiger partial charge in [0, 0.05) is 33.1 Å². The second-order valence-corrected chi connectivity index (χ2v) is 16.0. The lowest BCUT2D eigenvalue weighted by Gasteiger charge is -2.30. The van der Waals surface area contributed by atoms with Crippen molar-refractivity contribution in [2.75, 3.05) is 4.90 Å². The number of furan rings is 1. The Balaban J connectivity index is 1.05. The van der Waals surface area contributed by atoms with Crippen LogP contribution in [0.3, 0.4) is 0 Å². The number of hydrogen-bond donors (Lipinski definition) is 0. The summed E-state index contributed by atoms with van der Waals surface area (Å²) in [4.78, 5) is 2.43. The maximum Gasteiger partial charge on any atom is 0.137 e. The van der Waals surface area contributed by atoms with Gasteiger partial charge < -0.3 is 13.9 Å². The van der Waals surface area contributed by atoms with E-state index in [1.165, 1.54) is 32.9 Å². The Labute approximate surface area is 366 Å². The van der Waals surface area contributed by atoms with Crippen LogP contribution >= 0.6 is 0 Å². The van der Waals surface area contributed by atoms with Gasteiger partial charge >= 0.3 is 0 Å². The van der Waals surface area contributed by atoms with Gasteiger partial charge in [0.15, 0.2) is 0 Å². The number of benzene rings is 10. The van der Waals surface area contributed by atoms with Crippen LogP contribution in [-0.4, -0.2) is 4.57 Å². The molecule has 0 N–H and O–H groups in total. The topological polar surface area (TPSA) is 21.3 Å². The van der Waals surface area contributed by atoms with Crippen molar-refractivity contribution in [2.45, 2.75) is 0 Å². The van der Waals surface area contributed by atoms with Gasteiger partial charge in [0.2, 0.25) is 0 Å². The molecule has 12 rings (SSSR count). The van der Waals surface area contributed by atoms with Gasteiger partial charge in [-0.25, -0.2) is 0 Å². The molecule has 2 aromatic heterocycles. The highest BCUT2D eigenvalue weighted by atomic mass is 16.3. The molecule has 0 fully saturated rings. The highest BCUT2D eigenvalue weighted by molar-refractivity contribution is 6.15. The van der Waals surface area contributed by atoms with Gasteiger partial charge in [-0.3, -0.25) is 0 Å². The lowest BCUT2D eigenvalue weighted by molar-refractivity contribution is 0.669. The van der Waals surface area contributed by atoms with Crippen molar-refractivity contribution in [1.82, 2.24) is 4.57 Å². The van der Waals surface area contributed by atoms with E-state index in [1.807, 2.05) is 6.07 Å². The summed E-state index contributed by atoms with van der Waals surface area (Å²) in [6.45, 7) is 0. The molecule has 12 aromatic rings. The molecule has 3 heteroatoms. The minimum atomic E-state index is 0.851. The average molecular weight is 805 g/mol. The van der Waals surface area contributed by atoms with Crippen molar-refractivity contribution in [1.29, 1.82) is 0 Å². The number of anilines is 3. The lowest BCUT2D eigenvalue weighted by atomic mass is 9.87. The second kappa shape index (κ2) is 15.3. The summed E-state index contributed by atoms with van der Waals surface area (Å²) in [5, 5.41) is 4.68. The normalized spacial score (nSPS) is 11.5. The largest absolute Gasteiger partial charge is 0.456 e. The molecule has 0 aliphatic heterocycles. The lowest BCUT2D eigenvalue weighted by Crippen LogP contribution is -2.12. The molecule has 10 aromatic carbocycles. The van der Waals surface area contributed by atoms with Crippen LogP contribution in [0.4, 0.5) is 17.1 Å². The number of para-hydroxylation sites is 3. The number of nitrogens with zero attached hydrogens (tertiary/aromatic N) is 2. The molecule has 0 aliphatic carbocycles. The molecule has 0 atom stereocenters. The third-order valence-electron chi connectivity index (χ3n) is 12.4. The van der Waals surface area contributed by atoms with E-state index >= 15 is 0 Å². The van der Waals surface area contributed by atoms with Gasteiger partial charge in [-0.1, -0.05) is 182 Å². The van der Waals surface area contributed by atoms with Crippen molar-refractivity contribution < 1.29 is 4.42 Å². The van der Waals surface area contributed by atoms with Crippen molar-refractivity contribution in [2.24, 2.45) is 0 Å². The van der Waals surface area contributed by atoms with E-state index in [2.05, 4.69) is 246 Å². The SMILES string of the molecule is c1ccc(-c2ccccc2-c2c(-c3ccccc3)cccc2N(c2ccc(-c3ccc(-n4c5ccccc5c5ccccc54)cc3)cc2)c2cccc3oc4ccccc4c23)cc1. The molecule has 0 saturated carbocycles. The van der Waals surface area contributed by atoms with Crippen LogP contribution in [-0.2, 0) is 0 Å². The van der Waals surface area contributed by atoms with Gasteiger partial charge in [0.25, 0.3) is 0 Å². The summed E-state index contributed by atoms with van der Waals surface area (Å²) in [5.41, 5.74) is 17.7. The Kier molecular flexibility index (Phi) is 8.83. The second-order valence-electron chi connectivity index (χ2n) is 16.0. The Morgan fingerprint density at radius 1 is 0.317 bits per heavy atom. The fourth-order valence-electron chi connectivity index (χ4n) is 9.60. The smallest absolute Gasteiger partial charge is 0.137 e. The predicted molar refractivity (Wildman–Crippen MR) is 264 cm³/mol. The maximum atomic E-state index is 6.53. The first kappa shape index (κ1) is 36.5. The Hall–Kier alpha value is -8.40. The van der Waals surface area contributed by atoms with Crippen molar-refractivity contribution in [3.63, 3.8) is 0 Å². The van der Waals surface area contributed by atoms with E-state index in [4.69, 9.17) is 4.42 Å². The molecule has 0 radical (unpaired) electrons. The van der Waals surface area contributed by atoms with Crippen LogP contribution in [0.25, 0.3) is 93.9 Å². The van der Waals surface area contributed by atoms with Crippen LogP contribution in [0.1, 0.15) is 0 Å². The third kappa shape index (κ3) is 6.21. The molecule has 0 aliphatic rings. The van der Waals surface area contributed by atoms with E-state index in [0.717, 1.165) is 78.1 Å². The Morgan fingerprint density at radius 3 is 1.49 bits per heavy atom. The molecule has 0 saturated heterocycles. The number of aromatic nitrogens is 1. The standard InChI is InChI=1S/C60H40N2O/c1-3-17-43(18-4-1)47-21-7-8-24-51(47)59-48(44-19-5-2-6-20-44)26-15-29-55(59)62(56-30-16-32-58-60(56)52-25-11-14-31-57(52)63-58)46-39-35-42(36-40-46)41-33-37-45(38-34-41)61-53-27-12-9-22-49(53)50-23-10-13-28-54(50)61/h1-40H. The van der Waals surface area contributed by atoms with E-state index in [0.29, 0.717) is 0 Å². The van der Waals surface area contributed by atoms with E-state index in [-0.39, 0.29) is 0 Å². The molecule has 63 heavy (non-hydrogen) atoms. The summed E-state index contributed by atoms with van der Waals surface area (Å²) < 4.78 is 8.90. The minimum absolute atomic E-state index is 0.851. The fourth-order valence-corrected chi connectivity index (χ4v) is 9.60. The molecule has 0 unspecified atom stereocenters.